The summed E-state index contributed by atoms with van der Waals surface area (Å²) >= 11 is 11.5. The fourth-order valence-corrected chi connectivity index (χ4v) is 2.18. The molecule has 1 nitrogen and oxygen atoms in total. The zero-order chi connectivity index (χ0) is 11.6. The topological polar surface area (TPSA) is 17.1 Å². The summed E-state index contributed by atoms with van der Waals surface area (Å²) in [5.41, 5.74) is 0. The van der Waals surface area contributed by atoms with Gasteiger partial charge in [0.1, 0.15) is 0 Å². The van der Waals surface area contributed by atoms with Gasteiger partial charge < -0.3 is 0 Å². The van der Waals surface area contributed by atoms with Crippen LogP contribution in [0.25, 0.3) is 0 Å². The highest BCUT2D eigenvalue weighted by atomic mass is 35.5. The summed E-state index contributed by atoms with van der Waals surface area (Å²) in [5, 5.41) is 0. The molecule has 2 rings (SSSR count). The van der Waals surface area contributed by atoms with Crippen molar-refractivity contribution in [2.75, 3.05) is 0 Å². The minimum absolute atomic E-state index is 0.0385. The van der Waals surface area contributed by atoms with Gasteiger partial charge in [-0.2, -0.15) is 0 Å². The predicted molar refractivity (Wildman–Crippen MR) is 44.9 cm³/mol. The largest absolute Gasteiger partial charge is 0.296 e. The molecule has 2 unspecified atom stereocenters. The Morgan fingerprint density at radius 1 is 1.45 bits per heavy atom. The molecule has 11 heavy (non-hydrogen) atoms. The van der Waals surface area contributed by atoms with Gasteiger partial charge in [0.25, 0.3) is 0 Å². The van der Waals surface area contributed by atoms with Gasteiger partial charge in [0.05, 0.1) is 0 Å². The molecule has 2 atom stereocenters. The van der Waals surface area contributed by atoms with Crippen molar-refractivity contribution in [1.82, 2.24) is 0 Å². The molecule has 0 radical (unpaired) electrons. The Hall–Kier alpha value is 0.250. The second kappa shape index (κ2) is 2.37. The third-order valence-corrected chi connectivity index (χ3v) is 3.03. The lowest BCUT2D eigenvalue weighted by Gasteiger charge is -2.48. The molecule has 2 fully saturated rings. The fourth-order valence-electron chi connectivity index (χ4n) is 1.54. The number of rotatable bonds is 0. The molecular formula is C8H10Cl2O. The molecule has 0 amide bonds. The Kier molecular flexibility index (Phi) is 0.963. The highest BCUT2D eigenvalue weighted by Gasteiger charge is 2.60. The lowest BCUT2D eigenvalue weighted by Crippen LogP contribution is -2.57. The molecule has 0 N–H and O–H groups in total. The first-order chi connectivity index (χ1) is 6.61. The summed E-state index contributed by atoms with van der Waals surface area (Å²) in [6.07, 6.45) is -3.25. The van der Waals surface area contributed by atoms with Gasteiger partial charge in [0.2, 0.25) is 0 Å². The minimum atomic E-state index is -1.75. The first kappa shape index (κ1) is 4.48. The Labute approximate surface area is 81.7 Å². The summed E-state index contributed by atoms with van der Waals surface area (Å²) in [6.45, 7) is 0. The third-order valence-electron chi connectivity index (χ3n) is 2.19. The van der Waals surface area contributed by atoms with Crippen LogP contribution in [0.2, 0.25) is 0 Å². The third kappa shape index (κ3) is 0.940. The van der Waals surface area contributed by atoms with E-state index >= 15 is 0 Å². The Bertz CT molecular complexity index is 329. The molecule has 0 spiro atoms. The van der Waals surface area contributed by atoms with Crippen molar-refractivity contribution in [3.63, 3.8) is 0 Å². The van der Waals surface area contributed by atoms with E-state index in [1.54, 1.807) is 0 Å². The molecule has 0 aliphatic heterocycles. The molecule has 0 saturated heterocycles. The molecule has 0 heterocycles. The summed E-state index contributed by atoms with van der Waals surface area (Å²) in [4.78, 5) is 11.6. The van der Waals surface area contributed by atoms with Crippen molar-refractivity contribution in [2.45, 2.75) is 29.9 Å². The molecule has 2 aliphatic rings. The maximum atomic E-state index is 11.6. The maximum absolute atomic E-state index is 11.6. The van der Waals surface area contributed by atoms with E-state index in [2.05, 4.69) is 0 Å². The molecular weight excluding hydrogens is 183 g/mol. The van der Waals surface area contributed by atoms with Crippen LogP contribution >= 0.6 is 23.2 Å². The van der Waals surface area contributed by atoms with E-state index in [4.69, 9.17) is 28.7 Å². The van der Waals surface area contributed by atoms with Crippen LogP contribution in [0, 0.1) is 11.8 Å². The monoisotopic (exact) mass is 196 g/mol. The minimum Gasteiger partial charge on any atom is -0.296 e. The molecule has 3 heteroatoms. The van der Waals surface area contributed by atoms with Crippen molar-refractivity contribution < 1.29 is 10.3 Å². The van der Waals surface area contributed by atoms with Gasteiger partial charge in [-0.1, -0.05) is 36.0 Å². The van der Waals surface area contributed by atoms with Gasteiger partial charge in [-0.05, 0) is 12.7 Å². The van der Waals surface area contributed by atoms with Gasteiger partial charge >= 0.3 is 0 Å². The number of hydrogen-bond acceptors (Lipinski definition) is 1. The van der Waals surface area contributed by atoms with Crippen LogP contribution in [0.15, 0.2) is 0 Å². The average Bonchev–Trinajstić information content (AvgIpc) is 2.08. The van der Waals surface area contributed by atoms with Gasteiger partial charge in [0, 0.05) is 17.3 Å². The molecule has 0 aromatic carbocycles. The highest BCUT2D eigenvalue weighted by Crippen LogP contribution is 2.54. The zero-order valence-electron chi connectivity index (χ0n) is 9.73. The van der Waals surface area contributed by atoms with Crippen LogP contribution in [-0.2, 0) is 4.79 Å². The van der Waals surface area contributed by atoms with Crippen LogP contribution < -0.4 is 0 Å². The summed E-state index contributed by atoms with van der Waals surface area (Å²) in [6, 6.07) is 0. The fraction of sp³-hybridized carbons (Fsp3) is 0.875. The molecule has 62 valence electrons. The smallest absolute Gasteiger partial charge is 0.179 e. The zero-order valence-corrected chi connectivity index (χ0v) is 7.24. The number of ketones is 1. The normalized spacial score (nSPS) is 55.6. The lowest BCUT2D eigenvalue weighted by molar-refractivity contribution is -0.137. The van der Waals surface area contributed by atoms with Crippen molar-refractivity contribution in [3.8, 4) is 0 Å². The number of alkyl halides is 2. The Morgan fingerprint density at radius 3 is 2.73 bits per heavy atom. The highest BCUT2D eigenvalue weighted by molar-refractivity contribution is 6.60. The van der Waals surface area contributed by atoms with Crippen molar-refractivity contribution in [2.24, 2.45) is 11.8 Å². The molecule has 0 aromatic heterocycles. The number of carbonyl (C=O) groups excluding carboxylic acids is 1. The number of fused-ring (bicyclic) bond motifs is 1. The first-order valence-electron chi connectivity index (χ1n) is 5.53. The lowest BCUT2D eigenvalue weighted by atomic mass is 9.64. The van der Waals surface area contributed by atoms with Gasteiger partial charge in [-0.3, -0.25) is 4.79 Å². The second-order valence-corrected chi connectivity index (χ2v) is 4.24. The Morgan fingerprint density at radius 2 is 2.09 bits per heavy atom. The SMILES string of the molecule is [2H]C1([2H])CCC([2H])([2H])C2C1C(=O)C2(Cl)Cl. The van der Waals surface area contributed by atoms with Crippen molar-refractivity contribution >= 4 is 29.0 Å². The van der Waals surface area contributed by atoms with Crippen LogP contribution in [0.4, 0.5) is 0 Å². The van der Waals surface area contributed by atoms with E-state index in [9.17, 15) is 4.79 Å². The van der Waals surface area contributed by atoms with Gasteiger partial charge in [-0.25, -0.2) is 0 Å². The summed E-state index contributed by atoms with van der Waals surface area (Å²) in [5.74, 6) is -2.50. The number of hydrogen-bond donors (Lipinski definition) is 0. The summed E-state index contributed by atoms with van der Waals surface area (Å²) in [7, 11) is 0. The average molecular weight is 197 g/mol. The molecule has 0 bridgehead atoms. The molecule has 2 aliphatic carbocycles. The maximum Gasteiger partial charge on any atom is 0.179 e. The van der Waals surface area contributed by atoms with Crippen molar-refractivity contribution in [1.29, 1.82) is 0 Å². The first-order valence-corrected chi connectivity index (χ1v) is 4.28. The number of carbonyl (C=O) groups is 1. The number of Topliss-reactive ketones (excluding diaryl/α,β-unsaturated/α-hetero) is 1. The van der Waals surface area contributed by atoms with E-state index in [1.807, 2.05) is 0 Å². The molecule has 2 saturated carbocycles. The van der Waals surface area contributed by atoms with Gasteiger partial charge in [0.15, 0.2) is 10.1 Å². The second-order valence-electron chi connectivity index (χ2n) is 2.85. The van der Waals surface area contributed by atoms with E-state index in [1.165, 1.54) is 0 Å². The Balaban J connectivity index is 2.40. The van der Waals surface area contributed by atoms with Gasteiger partial charge in [-0.15, -0.1) is 0 Å². The quantitative estimate of drug-likeness (QED) is 0.545. The van der Waals surface area contributed by atoms with Crippen LogP contribution in [-0.4, -0.2) is 10.1 Å². The van der Waals surface area contributed by atoms with E-state index in [0.29, 0.717) is 0 Å². The van der Waals surface area contributed by atoms with Crippen LogP contribution in [0.5, 0.6) is 0 Å². The summed E-state index contributed by atoms with van der Waals surface area (Å²) < 4.78 is 29.0. The van der Waals surface area contributed by atoms with E-state index in [0.717, 1.165) is 0 Å². The standard InChI is InChI=1S/C8H10Cl2O/c9-8(10)6-4-2-1-3-5(6)7(8)11/h5-6H,1-4H2/i3D2,4D2. The predicted octanol–water partition coefficient (Wildman–Crippen LogP) is 2.55. The van der Waals surface area contributed by atoms with E-state index < -0.39 is 34.7 Å². The van der Waals surface area contributed by atoms with E-state index in [-0.39, 0.29) is 12.8 Å². The number of halogens is 2. The van der Waals surface area contributed by atoms with Crippen molar-refractivity contribution in [3.05, 3.63) is 0 Å². The van der Waals surface area contributed by atoms with Crippen LogP contribution in [0.1, 0.15) is 31.1 Å². The van der Waals surface area contributed by atoms with Crippen LogP contribution in [0.3, 0.4) is 0 Å². The molecule has 0 aromatic rings.